The fourth-order valence-corrected chi connectivity index (χ4v) is 3.93. The van der Waals surface area contributed by atoms with Crippen LogP contribution in [0.25, 0.3) is 0 Å². The van der Waals surface area contributed by atoms with Crippen molar-refractivity contribution in [2.45, 2.75) is 16.3 Å². The maximum Gasteiger partial charge on any atom is 0.333 e. The molecule has 142 valence electrons. The third-order valence-corrected chi connectivity index (χ3v) is 4.96. The van der Waals surface area contributed by atoms with Gasteiger partial charge in [0.05, 0.1) is 28.3 Å². The normalized spacial score (nSPS) is 17.9. The van der Waals surface area contributed by atoms with E-state index in [1.165, 1.54) is 0 Å². The molecule has 0 fully saturated rings. The molecule has 3 rings (SSSR count). The third kappa shape index (κ3) is 3.96. The Hall–Kier alpha value is -2.45. The lowest BCUT2D eigenvalue weighted by Gasteiger charge is -2.14. The SMILES string of the molecule is CS(=O)(=O)Oc1ccc(Oc2cc(F)cc(C#N)c2)c2c1SC(F)(F)C2F. The lowest BCUT2D eigenvalue weighted by molar-refractivity contribution is 0.0179. The number of halogens is 4. The minimum absolute atomic E-state index is 0.0878. The van der Waals surface area contributed by atoms with E-state index in [4.69, 9.17) is 10.00 Å². The fourth-order valence-electron chi connectivity index (χ4n) is 2.39. The number of hydrogen-bond acceptors (Lipinski definition) is 6. The summed E-state index contributed by atoms with van der Waals surface area (Å²) in [5.41, 5.74) is -0.705. The molecule has 0 aliphatic carbocycles. The number of benzene rings is 2. The van der Waals surface area contributed by atoms with Crippen LogP contribution in [0.5, 0.6) is 17.2 Å². The molecule has 1 unspecified atom stereocenters. The van der Waals surface area contributed by atoms with Gasteiger partial charge in [-0.3, -0.25) is 0 Å². The first kappa shape index (κ1) is 19.3. The third-order valence-electron chi connectivity index (χ3n) is 3.38. The maximum atomic E-state index is 14.3. The highest BCUT2D eigenvalue weighted by molar-refractivity contribution is 8.00. The molecule has 5 nitrogen and oxygen atoms in total. The first-order valence-electron chi connectivity index (χ1n) is 7.16. The van der Waals surface area contributed by atoms with Crippen molar-refractivity contribution in [1.82, 2.24) is 0 Å². The Kier molecular flexibility index (Phi) is 4.73. The standard InChI is InChI=1S/C16H9F4NO4S2/c1-27(22,23)25-12-3-2-11(13-14(12)26-16(19,20)15(13)18)24-10-5-8(7-21)4-9(17)6-10/h2-6,15H,1H3. The largest absolute Gasteiger partial charge is 0.457 e. The quantitative estimate of drug-likeness (QED) is 0.535. The van der Waals surface area contributed by atoms with Crippen molar-refractivity contribution in [3.05, 3.63) is 47.3 Å². The number of fused-ring (bicyclic) bond motifs is 1. The van der Waals surface area contributed by atoms with Crippen LogP contribution in [0, 0.1) is 17.1 Å². The Bertz CT molecular complexity index is 1070. The molecular formula is C16H9F4NO4S2. The summed E-state index contributed by atoms with van der Waals surface area (Å²) in [5, 5.41) is 4.98. The Labute approximate surface area is 155 Å². The Morgan fingerprint density at radius 3 is 2.52 bits per heavy atom. The fraction of sp³-hybridized carbons (Fsp3) is 0.188. The second-order valence-corrected chi connectivity index (χ2v) is 8.24. The first-order valence-corrected chi connectivity index (χ1v) is 9.79. The molecule has 2 aromatic rings. The van der Waals surface area contributed by atoms with Crippen molar-refractivity contribution < 1.29 is 34.9 Å². The zero-order valence-electron chi connectivity index (χ0n) is 13.4. The van der Waals surface area contributed by atoms with E-state index in [2.05, 4.69) is 4.18 Å². The van der Waals surface area contributed by atoms with Gasteiger partial charge >= 0.3 is 15.4 Å². The van der Waals surface area contributed by atoms with Crippen molar-refractivity contribution in [3.8, 4) is 23.3 Å². The Morgan fingerprint density at radius 2 is 1.89 bits per heavy atom. The minimum atomic E-state index is -4.05. The van der Waals surface area contributed by atoms with E-state index in [0.717, 1.165) is 30.3 Å². The molecule has 0 aromatic heterocycles. The molecule has 1 aliphatic rings. The molecule has 0 saturated carbocycles. The van der Waals surface area contributed by atoms with Gasteiger partial charge in [0.2, 0.25) is 6.17 Å². The van der Waals surface area contributed by atoms with Crippen molar-refractivity contribution in [2.24, 2.45) is 0 Å². The van der Waals surface area contributed by atoms with Crippen molar-refractivity contribution in [1.29, 1.82) is 5.26 Å². The zero-order chi connectivity index (χ0) is 20.0. The topological polar surface area (TPSA) is 76.4 Å². The number of rotatable bonds is 4. The summed E-state index contributed by atoms with van der Waals surface area (Å²) >= 11 is -0.200. The van der Waals surface area contributed by atoms with E-state index in [-0.39, 0.29) is 28.8 Å². The van der Waals surface area contributed by atoms with E-state index in [9.17, 15) is 26.0 Å². The molecule has 0 saturated heterocycles. The van der Waals surface area contributed by atoms with Crippen LogP contribution >= 0.6 is 11.8 Å². The highest BCUT2D eigenvalue weighted by atomic mass is 32.2. The summed E-state index contributed by atoms with van der Waals surface area (Å²) in [6.07, 6.45) is -2.09. The van der Waals surface area contributed by atoms with Gasteiger partial charge < -0.3 is 8.92 Å². The second kappa shape index (κ2) is 6.61. The molecular weight excluding hydrogens is 410 g/mol. The molecule has 0 amide bonds. The summed E-state index contributed by atoms with van der Waals surface area (Å²) < 4.78 is 88.1. The number of hydrogen-bond donors (Lipinski definition) is 0. The monoisotopic (exact) mass is 419 g/mol. The van der Waals surface area contributed by atoms with E-state index in [1.807, 2.05) is 0 Å². The average molecular weight is 419 g/mol. The van der Waals surface area contributed by atoms with Gasteiger partial charge in [0.25, 0.3) is 0 Å². The summed E-state index contributed by atoms with van der Waals surface area (Å²) in [6.45, 7) is 0. The lowest BCUT2D eigenvalue weighted by Crippen LogP contribution is -2.12. The highest BCUT2D eigenvalue weighted by Crippen LogP contribution is 2.61. The predicted molar refractivity (Wildman–Crippen MR) is 87.8 cm³/mol. The second-order valence-electron chi connectivity index (χ2n) is 5.51. The number of ether oxygens (including phenoxy) is 1. The molecule has 1 atom stereocenters. The molecule has 1 heterocycles. The number of nitrogens with zero attached hydrogens (tertiary/aromatic N) is 1. The van der Waals surface area contributed by atoms with Gasteiger partial charge in [-0.2, -0.15) is 22.5 Å². The summed E-state index contributed by atoms with van der Waals surface area (Å²) in [6, 6.07) is 6.73. The van der Waals surface area contributed by atoms with Crippen LogP contribution in [-0.4, -0.2) is 19.9 Å². The molecule has 0 bridgehead atoms. The van der Waals surface area contributed by atoms with Crippen molar-refractivity contribution in [2.75, 3.05) is 6.26 Å². The summed E-state index contributed by atoms with van der Waals surface area (Å²) in [7, 11) is -4.05. The smallest absolute Gasteiger partial charge is 0.333 e. The Morgan fingerprint density at radius 1 is 1.22 bits per heavy atom. The van der Waals surface area contributed by atoms with Crippen LogP contribution in [0.15, 0.2) is 35.2 Å². The molecule has 11 heteroatoms. The van der Waals surface area contributed by atoms with Crippen molar-refractivity contribution in [3.63, 3.8) is 0 Å². The molecule has 2 aromatic carbocycles. The van der Waals surface area contributed by atoms with Crippen LogP contribution in [0.4, 0.5) is 17.6 Å². The zero-order valence-corrected chi connectivity index (χ0v) is 15.0. The Balaban J connectivity index is 2.10. The highest BCUT2D eigenvalue weighted by Gasteiger charge is 2.53. The van der Waals surface area contributed by atoms with Crippen LogP contribution in [-0.2, 0) is 10.1 Å². The molecule has 1 aliphatic heterocycles. The summed E-state index contributed by atoms with van der Waals surface area (Å²) in [4.78, 5) is -0.438. The van der Waals surface area contributed by atoms with Gasteiger partial charge in [-0.25, -0.2) is 8.78 Å². The minimum Gasteiger partial charge on any atom is -0.457 e. The van der Waals surface area contributed by atoms with E-state index in [0.29, 0.717) is 6.26 Å². The van der Waals surface area contributed by atoms with Gasteiger partial charge in [-0.15, -0.1) is 0 Å². The number of nitriles is 1. The number of alkyl halides is 3. The van der Waals surface area contributed by atoms with Gasteiger partial charge in [-0.05, 0) is 36.0 Å². The molecule has 0 spiro atoms. The molecule has 0 N–H and O–H groups in total. The van der Waals surface area contributed by atoms with Gasteiger partial charge in [0.1, 0.15) is 17.3 Å². The van der Waals surface area contributed by atoms with Gasteiger partial charge in [-0.1, -0.05) is 0 Å². The maximum absolute atomic E-state index is 14.3. The average Bonchev–Trinajstić information content (AvgIpc) is 2.79. The van der Waals surface area contributed by atoms with Gasteiger partial charge in [0, 0.05) is 6.07 Å². The van der Waals surface area contributed by atoms with E-state index in [1.54, 1.807) is 6.07 Å². The molecule has 0 radical (unpaired) electrons. The van der Waals surface area contributed by atoms with E-state index < -0.39 is 43.6 Å². The van der Waals surface area contributed by atoms with Crippen molar-refractivity contribution >= 4 is 21.9 Å². The first-order chi connectivity index (χ1) is 12.5. The van der Waals surface area contributed by atoms with Crippen LogP contribution in [0.3, 0.4) is 0 Å². The van der Waals surface area contributed by atoms with Crippen LogP contribution < -0.4 is 8.92 Å². The summed E-state index contributed by atoms with van der Waals surface area (Å²) in [5.74, 6) is -1.87. The number of thioether (sulfide) groups is 1. The lowest BCUT2D eigenvalue weighted by atomic mass is 10.1. The molecule has 27 heavy (non-hydrogen) atoms. The predicted octanol–water partition coefficient (Wildman–Crippen LogP) is 4.54. The van der Waals surface area contributed by atoms with Crippen LogP contribution in [0.1, 0.15) is 17.3 Å². The van der Waals surface area contributed by atoms with Crippen LogP contribution in [0.2, 0.25) is 0 Å². The van der Waals surface area contributed by atoms with E-state index >= 15 is 0 Å². The van der Waals surface area contributed by atoms with Gasteiger partial charge in [0.15, 0.2) is 5.75 Å².